The SMILES string of the molecule is C1Cc2[nH]nc(-c3nn[nH]n3)c2C1.[B]. The standard InChI is InChI=1S/C7H8N6.B/c1-2-4-5(3-1)8-9-6(4)7-10-12-13-11-7;/h1-3H2,(H,8,9)(H,10,11,12,13);. The topological polar surface area (TPSA) is 83.1 Å². The Morgan fingerprint density at radius 1 is 1.14 bits per heavy atom. The summed E-state index contributed by atoms with van der Waals surface area (Å²) in [6, 6.07) is 0. The summed E-state index contributed by atoms with van der Waals surface area (Å²) in [6.45, 7) is 0. The van der Waals surface area contributed by atoms with Crippen LogP contribution in [0, 0.1) is 0 Å². The quantitative estimate of drug-likeness (QED) is 0.600. The normalized spacial score (nSPS) is 13.7. The molecule has 1 aliphatic carbocycles. The van der Waals surface area contributed by atoms with E-state index in [0.29, 0.717) is 5.82 Å². The first kappa shape index (κ1) is 8.92. The number of aryl methyl sites for hydroxylation is 1. The number of hydrogen-bond acceptors (Lipinski definition) is 4. The molecule has 3 radical (unpaired) electrons. The molecule has 0 bridgehead atoms. The number of rotatable bonds is 1. The van der Waals surface area contributed by atoms with Gasteiger partial charge < -0.3 is 0 Å². The van der Waals surface area contributed by atoms with Crippen molar-refractivity contribution in [3.63, 3.8) is 0 Å². The maximum atomic E-state index is 4.17. The molecule has 0 atom stereocenters. The van der Waals surface area contributed by atoms with E-state index in [1.807, 2.05) is 0 Å². The van der Waals surface area contributed by atoms with E-state index in [4.69, 9.17) is 0 Å². The Labute approximate surface area is 82.1 Å². The van der Waals surface area contributed by atoms with Crippen molar-refractivity contribution in [3.8, 4) is 11.5 Å². The molecule has 69 valence electrons. The summed E-state index contributed by atoms with van der Waals surface area (Å²) in [5.41, 5.74) is 3.32. The van der Waals surface area contributed by atoms with E-state index in [0.717, 1.165) is 18.5 Å². The number of hydrogen-bond donors (Lipinski definition) is 2. The molecule has 7 heteroatoms. The molecule has 2 aromatic heterocycles. The van der Waals surface area contributed by atoms with Crippen molar-refractivity contribution in [2.75, 3.05) is 0 Å². The van der Waals surface area contributed by atoms with Crippen molar-refractivity contribution in [1.29, 1.82) is 0 Å². The highest BCUT2D eigenvalue weighted by atomic mass is 15.5. The highest BCUT2D eigenvalue weighted by Crippen LogP contribution is 2.27. The Bertz CT molecular complexity index is 419. The van der Waals surface area contributed by atoms with Crippen LogP contribution in [-0.4, -0.2) is 39.2 Å². The molecule has 0 aromatic carbocycles. The van der Waals surface area contributed by atoms with Gasteiger partial charge >= 0.3 is 0 Å². The molecule has 2 aromatic rings. The lowest BCUT2D eigenvalue weighted by Gasteiger charge is -1.89. The zero-order chi connectivity index (χ0) is 8.67. The molecule has 3 rings (SSSR count). The highest BCUT2D eigenvalue weighted by Gasteiger charge is 2.21. The number of aromatic amines is 2. The van der Waals surface area contributed by atoms with Crippen molar-refractivity contribution in [1.82, 2.24) is 30.8 Å². The summed E-state index contributed by atoms with van der Waals surface area (Å²) in [5.74, 6) is 0.583. The van der Waals surface area contributed by atoms with E-state index < -0.39 is 0 Å². The number of tetrazole rings is 1. The van der Waals surface area contributed by atoms with Crippen molar-refractivity contribution in [2.45, 2.75) is 19.3 Å². The lowest BCUT2D eigenvalue weighted by Crippen LogP contribution is -1.86. The van der Waals surface area contributed by atoms with E-state index in [1.165, 1.54) is 17.7 Å². The number of fused-ring (bicyclic) bond motifs is 1. The Morgan fingerprint density at radius 2 is 2.07 bits per heavy atom. The second-order valence-electron chi connectivity index (χ2n) is 3.12. The van der Waals surface area contributed by atoms with Gasteiger partial charge in [0.1, 0.15) is 5.69 Å². The maximum Gasteiger partial charge on any atom is 0.225 e. The molecule has 0 fully saturated rings. The zero-order valence-corrected chi connectivity index (χ0v) is 7.49. The average Bonchev–Trinajstić information content (AvgIpc) is 2.79. The number of aromatic nitrogens is 6. The zero-order valence-electron chi connectivity index (χ0n) is 7.49. The molecular formula is C7H8BN6. The Morgan fingerprint density at radius 3 is 2.86 bits per heavy atom. The largest absolute Gasteiger partial charge is 0.282 e. The van der Waals surface area contributed by atoms with Crippen LogP contribution in [-0.2, 0) is 12.8 Å². The summed E-state index contributed by atoms with van der Waals surface area (Å²) in [6.07, 6.45) is 3.34. The highest BCUT2D eigenvalue weighted by molar-refractivity contribution is 5.75. The maximum absolute atomic E-state index is 4.17. The van der Waals surface area contributed by atoms with E-state index in [-0.39, 0.29) is 8.41 Å². The molecule has 0 aliphatic heterocycles. The molecule has 6 nitrogen and oxygen atoms in total. The lowest BCUT2D eigenvalue weighted by atomic mass is 10.2. The van der Waals surface area contributed by atoms with Gasteiger partial charge in [-0.3, -0.25) is 5.10 Å². The molecule has 0 spiro atoms. The van der Waals surface area contributed by atoms with Gasteiger partial charge in [0.15, 0.2) is 0 Å². The first-order chi connectivity index (χ1) is 6.45. The molecule has 1 aliphatic rings. The van der Waals surface area contributed by atoms with Crippen molar-refractivity contribution in [2.24, 2.45) is 0 Å². The van der Waals surface area contributed by atoms with Gasteiger partial charge in [0.25, 0.3) is 0 Å². The Kier molecular flexibility index (Phi) is 2.07. The summed E-state index contributed by atoms with van der Waals surface area (Å²) in [4.78, 5) is 0. The predicted octanol–water partition coefficient (Wildman–Crippen LogP) is -0.302. The predicted molar refractivity (Wildman–Crippen MR) is 49.5 cm³/mol. The number of H-pyrrole nitrogens is 2. The second-order valence-corrected chi connectivity index (χ2v) is 3.12. The Hall–Kier alpha value is -1.66. The van der Waals surface area contributed by atoms with Crippen LogP contribution in [0.15, 0.2) is 0 Å². The molecule has 14 heavy (non-hydrogen) atoms. The van der Waals surface area contributed by atoms with Gasteiger partial charge in [0.05, 0.1) is 0 Å². The average molecular weight is 187 g/mol. The van der Waals surface area contributed by atoms with Gasteiger partial charge in [-0.15, -0.1) is 10.2 Å². The molecule has 2 N–H and O–H groups in total. The van der Waals surface area contributed by atoms with Crippen LogP contribution in [0.4, 0.5) is 0 Å². The van der Waals surface area contributed by atoms with Gasteiger partial charge in [0.2, 0.25) is 5.82 Å². The van der Waals surface area contributed by atoms with Crippen molar-refractivity contribution in [3.05, 3.63) is 11.3 Å². The summed E-state index contributed by atoms with van der Waals surface area (Å²) < 4.78 is 0. The van der Waals surface area contributed by atoms with Crippen molar-refractivity contribution >= 4 is 8.41 Å². The van der Waals surface area contributed by atoms with Gasteiger partial charge in [-0.1, -0.05) is 0 Å². The molecule has 0 saturated carbocycles. The minimum atomic E-state index is 0. The third kappa shape index (κ3) is 1.12. The van der Waals surface area contributed by atoms with Crippen LogP contribution < -0.4 is 0 Å². The molecule has 0 unspecified atom stereocenters. The Balaban J connectivity index is 0.000000750. The summed E-state index contributed by atoms with van der Waals surface area (Å²) in [7, 11) is 0. The lowest BCUT2D eigenvalue weighted by molar-refractivity contribution is 0.864. The van der Waals surface area contributed by atoms with Crippen LogP contribution >= 0.6 is 0 Å². The monoisotopic (exact) mass is 187 g/mol. The van der Waals surface area contributed by atoms with Gasteiger partial charge in [0, 0.05) is 19.7 Å². The van der Waals surface area contributed by atoms with E-state index in [1.54, 1.807) is 0 Å². The van der Waals surface area contributed by atoms with Gasteiger partial charge in [-0.2, -0.15) is 10.3 Å². The van der Waals surface area contributed by atoms with Crippen molar-refractivity contribution < 1.29 is 0 Å². The van der Waals surface area contributed by atoms with E-state index in [9.17, 15) is 0 Å². The molecule has 0 saturated heterocycles. The van der Waals surface area contributed by atoms with Gasteiger partial charge in [-0.25, -0.2) is 0 Å². The fourth-order valence-corrected chi connectivity index (χ4v) is 1.77. The van der Waals surface area contributed by atoms with Crippen LogP contribution in [0.3, 0.4) is 0 Å². The number of nitrogens with zero attached hydrogens (tertiary/aromatic N) is 4. The fourth-order valence-electron chi connectivity index (χ4n) is 1.77. The van der Waals surface area contributed by atoms with E-state index in [2.05, 4.69) is 30.8 Å². The summed E-state index contributed by atoms with van der Waals surface area (Å²) >= 11 is 0. The molecule has 2 heterocycles. The first-order valence-electron chi connectivity index (χ1n) is 4.25. The first-order valence-corrected chi connectivity index (χ1v) is 4.25. The number of nitrogens with one attached hydrogen (secondary N) is 2. The summed E-state index contributed by atoms with van der Waals surface area (Å²) in [5, 5.41) is 20.9. The second kappa shape index (κ2) is 3.24. The molecule has 0 amide bonds. The van der Waals surface area contributed by atoms with Crippen LogP contribution in [0.25, 0.3) is 11.5 Å². The van der Waals surface area contributed by atoms with Crippen LogP contribution in [0.1, 0.15) is 17.7 Å². The minimum absolute atomic E-state index is 0. The molecular weight excluding hydrogens is 179 g/mol. The fraction of sp³-hybridized carbons (Fsp3) is 0.429. The van der Waals surface area contributed by atoms with Crippen LogP contribution in [0.2, 0.25) is 0 Å². The van der Waals surface area contributed by atoms with Crippen LogP contribution in [0.5, 0.6) is 0 Å². The third-order valence-electron chi connectivity index (χ3n) is 2.36. The van der Waals surface area contributed by atoms with Gasteiger partial charge in [-0.05, 0) is 24.5 Å². The van der Waals surface area contributed by atoms with E-state index >= 15 is 0 Å². The third-order valence-corrected chi connectivity index (χ3v) is 2.36. The smallest absolute Gasteiger partial charge is 0.225 e. The minimum Gasteiger partial charge on any atom is -0.282 e.